The monoisotopic (exact) mass is 384 g/mol. The molecule has 0 unspecified atom stereocenters. The highest BCUT2D eigenvalue weighted by Gasteiger charge is 2.16. The Bertz CT molecular complexity index is 945. The zero-order chi connectivity index (χ0) is 20.1. The fourth-order valence-electron chi connectivity index (χ4n) is 2.83. The van der Waals surface area contributed by atoms with Gasteiger partial charge in [-0.25, -0.2) is 19.0 Å². The van der Waals surface area contributed by atoms with Gasteiger partial charge in [-0.05, 0) is 23.1 Å². The van der Waals surface area contributed by atoms with Gasteiger partial charge in [0.05, 0.1) is 18.1 Å². The summed E-state index contributed by atoms with van der Waals surface area (Å²) in [6.45, 7) is 7.61. The molecule has 2 heterocycles. The fourth-order valence-corrected chi connectivity index (χ4v) is 2.83. The Balaban J connectivity index is 1.62. The second-order valence-electron chi connectivity index (χ2n) is 7.89. The molecule has 2 N–H and O–H groups in total. The third kappa shape index (κ3) is 5.25. The van der Waals surface area contributed by atoms with Crippen molar-refractivity contribution in [3.63, 3.8) is 0 Å². The molecule has 1 aromatic carbocycles. The van der Waals surface area contributed by atoms with Gasteiger partial charge in [-0.3, -0.25) is 4.79 Å². The van der Waals surface area contributed by atoms with Crippen LogP contribution in [0.15, 0.2) is 36.8 Å². The van der Waals surface area contributed by atoms with Gasteiger partial charge in [0.25, 0.3) is 0 Å². The summed E-state index contributed by atoms with van der Waals surface area (Å²) in [5.74, 6) is 0.432. The molecular formula is C20H25FN6O. The molecular weight excluding hydrogens is 359 g/mol. The number of fused-ring (bicyclic) bond motifs is 1. The minimum Gasteiger partial charge on any atom is -0.365 e. The van der Waals surface area contributed by atoms with Crippen LogP contribution in [0.3, 0.4) is 0 Å². The zero-order valence-electron chi connectivity index (χ0n) is 16.4. The number of halogens is 1. The number of amides is 1. The molecule has 0 atom stereocenters. The van der Waals surface area contributed by atoms with E-state index in [1.807, 2.05) is 20.8 Å². The number of carbonyl (C=O) groups is 1. The standard InChI is InChI=1S/C20H25FN6O/c1-20(2,3)10-17(28)22-8-9-27-19-16(12-26-27)18(24-13-25-19)23-11-14-4-6-15(21)7-5-14/h4-7,12-13H,8-11H2,1-3H3,(H,22,28)(H,23,24,25). The maximum atomic E-state index is 13.0. The average Bonchev–Trinajstić information content (AvgIpc) is 3.03. The van der Waals surface area contributed by atoms with Crippen LogP contribution < -0.4 is 10.6 Å². The summed E-state index contributed by atoms with van der Waals surface area (Å²) in [7, 11) is 0. The van der Waals surface area contributed by atoms with Crippen LogP contribution >= 0.6 is 0 Å². The van der Waals surface area contributed by atoms with Gasteiger partial charge >= 0.3 is 0 Å². The molecule has 148 valence electrons. The van der Waals surface area contributed by atoms with Crippen molar-refractivity contribution in [1.29, 1.82) is 0 Å². The molecule has 3 rings (SSSR count). The van der Waals surface area contributed by atoms with Crippen LogP contribution in [0.1, 0.15) is 32.8 Å². The van der Waals surface area contributed by atoms with Crippen molar-refractivity contribution in [3.05, 3.63) is 48.2 Å². The van der Waals surface area contributed by atoms with E-state index in [-0.39, 0.29) is 17.1 Å². The first kappa shape index (κ1) is 19.7. The number of anilines is 1. The number of aromatic nitrogens is 4. The van der Waals surface area contributed by atoms with E-state index in [2.05, 4.69) is 25.7 Å². The molecule has 0 fully saturated rings. The van der Waals surface area contributed by atoms with Crippen LogP contribution in [0.25, 0.3) is 11.0 Å². The van der Waals surface area contributed by atoms with E-state index in [9.17, 15) is 9.18 Å². The largest absolute Gasteiger partial charge is 0.365 e. The molecule has 8 heteroatoms. The first-order chi connectivity index (χ1) is 13.3. The third-order valence-corrected chi connectivity index (χ3v) is 4.14. The smallest absolute Gasteiger partial charge is 0.220 e. The molecule has 0 aliphatic rings. The van der Waals surface area contributed by atoms with Crippen molar-refractivity contribution in [2.75, 3.05) is 11.9 Å². The maximum Gasteiger partial charge on any atom is 0.220 e. The van der Waals surface area contributed by atoms with Crippen molar-refractivity contribution >= 4 is 22.8 Å². The number of benzene rings is 1. The molecule has 2 aromatic heterocycles. The van der Waals surface area contributed by atoms with E-state index in [0.29, 0.717) is 37.5 Å². The quantitative estimate of drug-likeness (QED) is 0.654. The molecule has 28 heavy (non-hydrogen) atoms. The second-order valence-corrected chi connectivity index (χ2v) is 7.89. The number of nitrogens with zero attached hydrogens (tertiary/aromatic N) is 4. The number of carbonyl (C=O) groups excluding carboxylic acids is 1. The Morgan fingerprint density at radius 1 is 1.18 bits per heavy atom. The molecule has 0 aliphatic carbocycles. The predicted molar refractivity (Wildman–Crippen MR) is 106 cm³/mol. The number of rotatable bonds is 7. The van der Waals surface area contributed by atoms with Gasteiger partial charge < -0.3 is 10.6 Å². The molecule has 1 amide bonds. The molecule has 0 aliphatic heterocycles. The number of hydrogen-bond acceptors (Lipinski definition) is 5. The summed E-state index contributed by atoms with van der Waals surface area (Å²) >= 11 is 0. The van der Waals surface area contributed by atoms with Crippen LogP contribution in [-0.2, 0) is 17.9 Å². The Morgan fingerprint density at radius 2 is 1.93 bits per heavy atom. The van der Waals surface area contributed by atoms with Crippen LogP contribution in [0.2, 0.25) is 0 Å². The molecule has 0 radical (unpaired) electrons. The van der Waals surface area contributed by atoms with Crippen LogP contribution in [-0.4, -0.2) is 32.2 Å². The van der Waals surface area contributed by atoms with Crippen LogP contribution in [0.5, 0.6) is 0 Å². The summed E-state index contributed by atoms with van der Waals surface area (Å²) in [6, 6.07) is 6.31. The van der Waals surface area contributed by atoms with Gasteiger partial charge in [-0.2, -0.15) is 5.10 Å². The molecule has 0 saturated heterocycles. The lowest BCUT2D eigenvalue weighted by Gasteiger charge is -2.17. The Kier molecular flexibility index (Phi) is 5.87. The second kappa shape index (κ2) is 8.33. The Hall–Kier alpha value is -3.03. The number of nitrogens with one attached hydrogen (secondary N) is 2. The van der Waals surface area contributed by atoms with E-state index in [4.69, 9.17) is 0 Å². The maximum absolute atomic E-state index is 13.0. The third-order valence-electron chi connectivity index (χ3n) is 4.14. The van der Waals surface area contributed by atoms with Crippen molar-refractivity contribution in [3.8, 4) is 0 Å². The fraction of sp³-hybridized carbons (Fsp3) is 0.400. The molecule has 7 nitrogen and oxygen atoms in total. The molecule has 0 spiro atoms. The van der Waals surface area contributed by atoms with Crippen molar-refractivity contribution in [1.82, 2.24) is 25.1 Å². The van der Waals surface area contributed by atoms with Gasteiger partial charge in [0.15, 0.2) is 5.65 Å². The van der Waals surface area contributed by atoms with E-state index in [1.54, 1.807) is 23.0 Å². The summed E-state index contributed by atoms with van der Waals surface area (Å²) in [6.07, 6.45) is 3.66. The minimum absolute atomic E-state index is 0.0280. The van der Waals surface area contributed by atoms with Crippen LogP contribution in [0, 0.1) is 11.2 Å². The normalized spacial score (nSPS) is 11.6. The lowest BCUT2D eigenvalue weighted by Crippen LogP contribution is -2.30. The molecule has 0 saturated carbocycles. The first-order valence-corrected chi connectivity index (χ1v) is 9.23. The Labute approximate surface area is 163 Å². The van der Waals surface area contributed by atoms with Gasteiger partial charge in [0.1, 0.15) is 18.0 Å². The highest BCUT2D eigenvalue weighted by atomic mass is 19.1. The lowest BCUT2D eigenvalue weighted by molar-refractivity contribution is -0.122. The van der Waals surface area contributed by atoms with Gasteiger partial charge in [-0.15, -0.1) is 0 Å². The van der Waals surface area contributed by atoms with Crippen molar-refractivity contribution in [2.45, 2.75) is 40.3 Å². The van der Waals surface area contributed by atoms with E-state index >= 15 is 0 Å². The average molecular weight is 384 g/mol. The predicted octanol–water partition coefficient (Wildman–Crippen LogP) is 3.13. The topological polar surface area (TPSA) is 84.7 Å². The minimum atomic E-state index is -0.260. The first-order valence-electron chi connectivity index (χ1n) is 9.23. The molecule has 0 bridgehead atoms. The van der Waals surface area contributed by atoms with Gasteiger partial charge in [0, 0.05) is 19.5 Å². The van der Waals surface area contributed by atoms with E-state index in [1.165, 1.54) is 18.5 Å². The van der Waals surface area contributed by atoms with E-state index in [0.717, 1.165) is 10.9 Å². The van der Waals surface area contributed by atoms with Gasteiger partial charge in [-0.1, -0.05) is 32.9 Å². The zero-order valence-corrected chi connectivity index (χ0v) is 16.4. The molecule has 3 aromatic rings. The van der Waals surface area contributed by atoms with Crippen molar-refractivity contribution in [2.24, 2.45) is 5.41 Å². The van der Waals surface area contributed by atoms with Gasteiger partial charge in [0.2, 0.25) is 5.91 Å². The lowest BCUT2D eigenvalue weighted by atomic mass is 9.92. The van der Waals surface area contributed by atoms with Crippen molar-refractivity contribution < 1.29 is 9.18 Å². The summed E-state index contributed by atoms with van der Waals surface area (Å²) < 4.78 is 14.8. The highest BCUT2D eigenvalue weighted by Crippen LogP contribution is 2.20. The summed E-state index contributed by atoms with van der Waals surface area (Å²) in [4.78, 5) is 20.5. The van der Waals surface area contributed by atoms with E-state index < -0.39 is 0 Å². The highest BCUT2D eigenvalue weighted by molar-refractivity contribution is 5.86. The van der Waals surface area contributed by atoms with Crippen LogP contribution in [0.4, 0.5) is 10.2 Å². The number of hydrogen-bond donors (Lipinski definition) is 2. The SMILES string of the molecule is CC(C)(C)CC(=O)NCCn1ncc2c(NCc3ccc(F)cc3)ncnc21. The summed E-state index contributed by atoms with van der Waals surface area (Å²) in [5.41, 5.74) is 1.60. The summed E-state index contributed by atoms with van der Waals surface area (Å²) in [5, 5.41) is 11.3. The Morgan fingerprint density at radius 3 is 2.64 bits per heavy atom.